The standard InChI is InChI=1S/C12H18N2O3S/c1-3-8-18-10(9-11(15)17-4-2)12-13-6-5-7-14(12)16/h5-7,10H,3-4,8-9H2,1-2H3. The monoisotopic (exact) mass is 270 g/mol. The third-order valence-electron chi connectivity index (χ3n) is 2.21. The molecule has 1 aromatic rings. The molecule has 1 atom stereocenters. The van der Waals surface area contributed by atoms with Crippen LogP contribution in [0.4, 0.5) is 0 Å². The van der Waals surface area contributed by atoms with Gasteiger partial charge in [-0.3, -0.25) is 4.79 Å². The molecule has 18 heavy (non-hydrogen) atoms. The number of hydrogen-bond donors (Lipinski definition) is 0. The van der Waals surface area contributed by atoms with Crippen molar-refractivity contribution in [2.45, 2.75) is 31.9 Å². The van der Waals surface area contributed by atoms with Crippen LogP contribution in [-0.2, 0) is 9.53 Å². The molecule has 1 aromatic heterocycles. The highest BCUT2D eigenvalue weighted by Crippen LogP contribution is 2.29. The number of ether oxygens (including phenoxy) is 1. The highest BCUT2D eigenvalue weighted by atomic mass is 32.2. The van der Waals surface area contributed by atoms with Crippen LogP contribution in [0.1, 0.15) is 37.8 Å². The Morgan fingerprint density at radius 3 is 3.00 bits per heavy atom. The Bertz CT molecular complexity index is 387. The largest absolute Gasteiger partial charge is 0.711 e. The van der Waals surface area contributed by atoms with E-state index in [4.69, 9.17) is 4.74 Å². The first-order valence-corrected chi connectivity index (χ1v) is 7.05. The van der Waals surface area contributed by atoms with Crippen molar-refractivity contribution in [3.8, 4) is 0 Å². The third-order valence-corrected chi connectivity index (χ3v) is 3.63. The minimum absolute atomic E-state index is 0.178. The van der Waals surface area contributed by atoms with Crippen LogP contribution < -0.4 is 4.73 Å². The van der Waals surface area contributed by atoms with Gasteiger partial charge in [0.25, 0.3) is 0 Å². The number of aromatic nitrogens is 2. The smallest absolute Gasteiger partial charge is 0.314 e. The van der Waals surface area contributed by atoms with Crippen LogP contribution >= 0.6 is 11.8 Å². The number of carbonyl (C=O) groups excluding carboxylic acids is 1. The highest BCUT2D eigenvalue weighted by Gasteiger charge is 2.25. The van der Waals surface area contributed by atoms with Gasteiger partial charge in [-0.1, -0.05) is 11.9 Å². The van der Waals surface area contributed by atoms with Crippen molar-refractivity contribution in [1.82, 2.24) is 4.98 Å². The average Bonchev–Trinajstić information content (AvgIpc) is 2.35. The van der Waals surface area contributed by atoms with E-state index in [2.05, 4.69) is 11.9 Å². The molecule has 0 aromatic carbocycles. The second-order valence-corrected chi connectivity index (χ2v) is 4.98. The van der Waals surface area contributed by atoms with E-state index in [-0.39, 0.29) is 17.6 Å². The van der Waals surface area contributed by atoms with E-state index in [9.17, 15) is 10.0 Å². The molecule has 5 nitrogen and oxygen atoms in total. The van der Waals surface area contributed by atoms with Crippen LogP contribution in [0.2, 0.25) is 0 Å². The summed E-state index contributed by atoms with van der Waals surface area (Å²) in [5, 5.41) is 11.4. The van der Waals surface area contributed by atoms with Crippen molar-refractivity contribution in [2.24, 2.45) is 0 Å². The Hall–Kier alpha value is -1.30. The van der Waals surface area contributed by atoms with Gasteiger partial charge < -0.3 is 9.94 Å². The number of esters is 1. The molecular formula is C12H18N2O3S. The maximum Gasteiger partial charge on any atom is 0.314 e. The molecule has 0 bridgehead atoms. The van der Waals surface area contributed by atoms with Gasteiger partial charge in [-0.2, -0.15) is 0 Å². The number of hydrogen-bond acceptors (Lipinski definition) is 5. The van der Waals surface area contributed by atoms with Crippen molar-refractivity contribution in [2.75, 3.05) is 12.4 Å². The van der Waals surface area contributed by atoms with Crippen LogP contribution in [0.3, 0.4) is 0 Å². The zero-order valence-corrected chi connectivity index (χ0v) is 11.5. The van der Waals surface area contributed by atoms with Crippen LogP contribution in [0.25, 0.3) is 0 Å². The first-order valence-electron chi connectivity index (χ1n) is 6.00. The molecule has 0 saturated heterocycles. The molecule has 0 N–H and O–H groups in total. The summed E-state index contributed by atoms with van der Waals surface area (Å²) in [6.07, 6.45) is 4.12. The normalized spacial score (nSPS) is 12.1. The van der Waals surface area contributed by atoms with E-state index in [0.29, 0.717) is 17.2 Å². The molecule has 0 aliphatic carbocycles. The van der Waals surface area contributed by atoms with E-state index in [1.54, 1.807) is 30.9 Å². The van der Waals surface area contributed by atoms with Gasteiger partial charge >= 0.3 is 11.8 Å². The first kappa shape index (κ1) is 14.8. The fraction of sp³-hybridized carbons (Fsp3) is 0.583. The van der Waals surface area contributed by atoms with Crippen molar-refractivity contribution in [3.63, 3.8) is 0 Å². The van der Waals surface area contributed by atoms with E-state index in [0.717, 1.165) is 12.2 Å². The van der Waals surface area contributed by atoms with Gasteiger partial charge in [0.2, 0.25) is 0 Å². The minimum atomic E-state index is -0.295. The molecule has 0 spiro atoms. The summed E-state index contributed by atoms with van der Waals surface area (Å²) in [5.74, 6) is 0.946. The Morgan fingerprint density at radius 1 is 1.61 bits per heavy atom. The molecule has 0 radical (unpaired) electrons. The average molecular weight is 270 g/mol. The van der Waals surface area contributed by atoms with E-state index >= 15 is 0 Å². The van der Waals surface area contributed by atoms with Gasteiger partial charge in [-0.05, 0) is 19.1 Å². The van der Waals surface area contributed by atoms with Crippen LogP contribution in [-0.4, -0.2) is 23.3 Å². The molecule has 6 heteroatoms. The molecule has 1 heterocycles. The highest BCUT2D eigenvalue weighted by molar-refractivity contribution is 7.99. The molecular weight excluding hydrogens is 252 g/mol. The van der Waals surface area contributed by atoms with Crippen molar-refractivity contribution in [3.05, 3.63) is 29.5 Å². The van der Waals surface area contributed by atoms with Crippen LogP contribution in [0.5, 0.6) is 0 Å². The molecule has 0 amide bonds. The Kier molecular flexibility index (Phi) is 6.49. The van der Waals surface area contributed by atoms with Gasteiger partial charge in [-0.25, -0.2) is 4.73 Å². The molecule has 1 unspecified atom stereocenters. The summed E-state index contributed by atoms with van der Waals surface area (Å²) in [6.45, 7) is 4.17. The Morgan fingerprint density at radius 2 is 2.39 bits per heavy atom. The van der Waals surface area contributed by atoms with Crippen LogP contribution in [0.15, 0.2) is 18.5 Å². The first-order chi connectivity index (χ1) is 8.69. The lowest BCUT2D eigenvalue weighted by Gasteiger charge is -2.14. The van der Waals surface area contributed by atoms with E-state index < -0.39 is 0 Å². The molecule has 100 valence electrons. The van der Waals surface area contributed by atoms with E-state index in [1.165, 1.54) is 6.20 Å². The summed E-state index contributed by atoms with van der Waals surface area (Å²) < 4.78 is 5.64. The Balaban J connectivity index is 2.77. The SMILES string of the molecule is CCCSC(CC(=O)OCC)c1nccc[n+]1[O-]. The fourth-order valence-electron chi connectivity index (χ4n) is 1.45. The van der Waals surface area contributed by atoms with Crippen molar-refractivity contribution < 1.29 is 14.3 Å². The summed E-state index contributed by atoms with van der Waals surface area (Å²) in [6, 6.07) is 1.57. The van der Waals surface area contributed by atoms with Gasteiger partial charge in [0.15, 0.2) is 0 Å². The lowest BCUT2D eigenvalue weighted by Crippen LogP contribution is -2.34. The predicted molar refractivity (Wildman–Crippen MR) is 69.9 cm³/mol. The van der Waals surface area contributed by atoms with Gasteiger partial charge in [0.1, 0.15) is 11.4 Å². The van der Waals surface area contributed by atoms with Crippen molar-refractivity contribution in [1.29, 1.82) is 0 Å². The summed E-state index contributed by atoms with van der Waals surface area (Å²) in [5.41, 5.74) is 0. The number of nitrogens with zero attached hydrogens (tertiary/aromatic N) is 2. The zero-order valence-electron chi connectivity index (χ0n) is 10.7. The fourth-order valence-corrected chi connectivity index (χ4v) is 2.54. The minimum Gasteiger partial charge on any atom is -0.711 e. The lowest BCUT2D eigenvalue weighted by molar-refractivity contribution is -0.617. The zero-order chi connectivity index (χ0) is 13.4. The lowest BCUT2D eigenvalue weighted by atomic mass is 10.3. The maximum absolute atomic E-state index is 11.7. The van der Waals surface area contributed by atoms with E-state index in [1.807, 2.05) is 0 Å². The van der Waals surface area contributed by atoms with Crippen molar-refractivity contribution >= 4 is 17.7 Å². The van der Waals surface area contributed by atoms with Gasteiger partial charge in [0.05, 0.1) is 19.2 Å². The number of thioether (sulfide) groups is 1. The molecule has 0 saturated carbocycles. The van der Waals surface area contributed by atoms with Gasteiger partial charge in [0, 0.05) is 6.07 Å². The summed E-state index contributed by atoms with van der Waals surface area (Å²) in [4.78, 5) is 15.6. The quantitative estimate of drug-likeness (QED) is 0.430. The number of rotatable bonds is 7. The molecule has 0 fully saturated rings. The Labute approximate surface area is 111 Å². The van der Waals surface area contributed by atoms with Gasteiger partial charge in [-0.15, -0.1) is 11.8 Å². The topological polar surface area (TPSA) is 66.1 Å². The number of carbonyl (C=O) groups is 1. The predicted octanol–water partition coefficient (Wildman–Crippen LogP) is 1.85. The maximum atomic E-state index is 11.7. The summed E-state index contributed by atoms with van der Waals surface area (Å²) >= 11 is 1.56. The molecule has 0 aliphatic rings. The molecule has 0 aliphatic heterocycles. The second-order valence-electron chi connectivity index (χ2n) is 3.67. The third kappa shape index (κ3) is 4.52. The van der Waals surface area contributed by atoms with Crippen LogP contribution in [0, 0.1) is 5.21 Å². The second kappa shape index (κ2) is 7.92. The summed E-state index contributed by atoms with van der Waals surface area (Å²) in [7, 11) is 0. The molecule has 1 rings (SSSR count).